The third-order valence-corrected chi connectivity index (χ3v) is 4.01. The largest absolute Gasteiger partial charge is 0.466 e. The number of aryl methyl sites for hydroxylation is 2. The second kappa shape index (κ2) is 5.73. The number of nitrogens with one attached hydrogen (secondary N) is 2. The number of H-pyrrole nitrogens is 1. The van der Waals surface area contributed by atoms with Gasteiger partial charge in [-0.3, -0.25) is 14.9 Å². The molecular weight excluding hydrogens is 316 g/mol. The van der Waals surface area contributed by atoms with Gasteiger partial charge in [0.05, 0.1) is 11.3 Å². The molecule has 4 N–H and O–H groups in total. The third kappa shape index (κ3) is 3.02. The fraction of sp³-hybridized carbons (Fsp3) is 0.133. The molecule has 0 aliphatic rings. The van der Waals surface area contributed by atoms with Crippen LogP contribution in [0.4, 0.5) is 5.13 Å². The Morgan fingerprint density at radius 2 is 2.13 bits per heavy atom. The number of hydrogen-bond donors (Lipinski definition) is 3. The van der Waals surface area contributed by atoms with Crippen molar-refractivity contribution in [1.82, 2.24) is 9.97 Å². The first-order valence-electron chi connectivity index (χ1n) is 6.76. The van der Waals surface area contributed by atoms with Crippen LogP contribution in [0.1, 0.15) is 32.4 Å². The van der Waals surface area contributed by atoms with E-state index in [1.54, 1.807) is 37.6 Å². The van der Waals surface area contributed by atoms with Gasteiger partial charge in [0.15, 0.2) is 5.13 Å². The van der Waals surface area contributed by atoms with Crippen LogP contribution in [0.5, 0.6) is 0 Å². The highest BCUT2D eigenvalue weighted by Gasteiger charge is 2.16. The van der Waals surface area contributed by atoms with E-state index >= 15 is 0 Å². The molecule has 3 heterocycles. The lowest BCUT2D eigenvalue weighted by Crippen LogP contribution is -2.11. The SMILES string of the molecule is Cc1cc(C(=O)Nc2nc(-c3c[nH]c(C(N)=O)c3)cs2)c(C)o1. The molecule has 0 unspecified atom stereocenters. The van der Waals surface area contributed by atoms with E-state index in [2.05, 4.69) is 15.3 Å². The van der Waals surface area contributed by atoms with E-state index in [1.165, 1.54) is 11.3 Å². The Bertz CT molecular complexity index is 890. The maximum atomic E-state index is 12.2. The van der Waals surface area contributed by atoms with E-state index in [0.29, 0.717) is 33.6 Å². The minimum absolute atomic E-state index is 0.271. The summed E-state index contributed by atoms with van der Waals surface area (Å²) in [4.78, 5) is 30.4. The number of thiazole rings is 1. The lowest BCUT2D eigenvalue weighted by Gasteiger charge is -1.99. The fourth-order valence-corrected chi connectivity index (χ4v) is 2.88. The second-order valence-corrected chi connectivity index (χ2v) is 5.84. The molecule has 8 heteroatoms. The summed E-state index contributed by atoms with van der Waals surface area (Å²) in [6.45, 7) is 3.52. The average molecular weight is 330 g/mol. The molecule has 0 saturated carbocycles. The average Bonchev–Trinajstić information content (AvgIpc) is 3.17. The van der Waals surface area contributed by atoms with Crippen LogP contribution in [0.2, 0.25) is 0 Å². The van der Waals surface area contributed by atoms with Crippen LogP contribution in [-0.2, 0) is 0 Å². The Kier molecular flexibility index (Phi) is 3.75. The van der Waals surface area contributed by atoms with Crippen LogP contribution in [-0.4, -0.2) is 21.8 Å². The van der Waals surface area contributed by atoms with Gasteiger partial charge >= 0.3 is 0 Å². The first-order valence-corrected chi connectivity index (χ1v) is 7.64. The minimum Gasteiger partial charge on any atom is -0.466 e. The van der Waals surface area contributed by atoms with E-state index in [1.807, 2.05) is 0 Å². The molecule has 3 aromatic rings. The summed E-state index contributed by atoms with van der Waals surface area (Å²) in [5, 5.41) is 4.99. The molecule has 0 aliphatic carbocycles. The zero-order valence-electron chi connectivity index (χ0n) is 12.5. The van der Waals surface area contributed by atoms with Gasteiger partial charge in [0.2, 0.25) is 0 Å². The van der Waals surface area contributed by atoms with Gasteiger partial charge in [0, 0.05) is 17.1 Å². The molecule has 0 fully saturated rings. The molecule has 3 rings (SSSR count). The monoisotopic (exact) mass is 330 g/mol. The van der Waals surface area contributed by atoms with Crippen LogP contribution >= 0.6 is 11.3 Å². The number of furan rings is 1. The minimum atomic E-state index is -0.536. The number of carbonyl (C=O) groups excluding carboxylic acids is 2. The number of carbonyl (C=O) groups is 2. The summed E-state index contributed by atoms with van der Waals surface area (Å²) in [7, 11) is 0. The van der Waals surface area contributed by atoms with Crippen LogP contribution in [0.25, 0.3) is 11.3 Å². The quantitative estimate of drug-likeness (QED) is 0.682. The van der Waals surface area contributed by atoms with Crippen molar-refractivity contribution in [3.8, 4) is 11.3 Å². The van der Waals surface area contributed by atoms with Gasteiger partial charge < -0.3 is 15.1 Å². The molecule has 0 atom stereocenters. The maximum Gasteiger partial charge on any atom is 0.265 e. The molecule has 3 aromatic heterocycles. The molecule has 7 nitrogen and oxygen atoms in total. The number of aromatic amines is 1. The fourth-order valence-electron chi connectivity index (χ4n) is 2.17. The van der Waals surface area contributed by atoms with Gasteiger partial charge in [-0.05, 0) is 26.0 Å². The number of amides is 2. The second-order valence-electron chi connectivity index (χ2n) is 4.99. The number of hydrogen-bond acceptors (Lipinski definition) is 5. The van der Waals surface area contributed by atoms with Crippen molar-refractivity contribution in [2.75, 3.05) is 5.32 Å². The Morgan fingerprint density at radius 3 is 2.74 bits per heavy atom. The number of nitrogens with zero attached hydrogens (tertiary/aromatic N) is 1. The predicted molar refractivity (Wildman–Crippen MR) is 86.6 cm³/mol. The lowest BCUT2D eigenvalue weighted by molar-refractivity contribution is 0.0993. The Hall–Kier alpha value is -2.87. The number of aromatic nitrogens is 2. The van der Waals surface area contributed by atoms with E-state index < -0.39 is 5.91 Å². The first-order chi connectivity index (χ1) is 10.9. The van der Waals surface area contributed by atoms with Gasteiger partial charge in [-0.1, -0.05) is 0 Å². The standard InChI is InChI=1S/C15H14N4O3S/c1-7-3-10(8(2)22-7)14(21)19-15-18-12(6-23-15)9-4-11(13(16)20)17-5-9/h3-6,17H,1-2H3,(H2,16,20)(H,18,19,21). The van der Waals surface area contributed by atoms with E-state index in [0.717, 1.165) is 5.56 Å². The summed E-state index contributed by atoms with van der Waals surface area (Å²) in [5.41, 5.74) is 7.37. The molecule has 0 aromatic carbocycles. The Morgan fingerprint density at radius 1 is 1.35 bits per heavy atom. The Balaban J connectivity index is 1.77. The van der Waals surface area contributed by atoms with Crippen LogP contribution in [0, 0.1) is 13.8 Å². The van der Waals surface area contributed by atoms with Crippen LogP contribution in [0.3, 0.4) is 0 Å². The van der Waals surface area contributed by atoms with Gasteiger partial charge in [-0.2, -0.15) is 0 Å². The molecule has 0 saturated heterocycles. The summed E-state index contributed by atoms with van der Waals surface area (Å²) >= 11 is 1.29. The zero-order valence-corrected chi connectivity index (χ0v) is 13.3. The van der Waals surface area contributed by atoms with Gasteiger partial charge in [-0.25, -0.2) is 4.98 Å². The summed E-state index contributed by atoms with van der Waals surface area (Å²) in [6.07, 6.45) is 1.64. The van der Waals surface area contributed by atoms with E-state index in [4.69, 9.17) is 10.2 Å². The van der Waals surface area contributed by atoms with Crippen molar-refractivity contribution < 1.29 is 14.0 Å². The molecular formula is C15H14N4O3S. The molecule has 2 amide bonds. The zero-order chi connectivity index (χ0) is 16.6. The number of nitrogens with two attached hydrogens (primary N) is 1. The normalized spacial score (nSPS) is 10.7. The molecule has 0 radical (unpaired) electrons. The van der Waals surface area contributed by atoms with Crippen molar-refractivity contribution >= 4 is 28.3 Å². The molecule has 118 valence electrons. The first kappa shape index (κ1) is 15.0. The van der Waals surface area contributed by atoms with Crippen molar-refractivity contribution in [2.24, 2.45) is 5.73 Å². The highest BCUT2D eigenvalue weighted by Crippen LogP contribution is 2.26. The van der Waals surface area contributed by atoms with Gasteiger partial charge in [0.25, 0.3) is 11.8 Å². The van der Waals surface area contributed by atoms with E-state index in [9.17, 15) is 9.59 Å². The third-order valence-electron chi connectivity index (χ3n) is 3.25. The summed E-state index contributed by atoms with van der Waals surface area (Å²) < 4.78 is 5.35. The van der Waals surface area contributed by atoms with Crippen molar-refractivity contribution in [3.63, 3.8) is 0 Å². The van der Waals surface area contributed by atoms with Gasteiger partial charge in [0.1, 0.15) is 17.2 Å². The highest BCUT2D eigenvalue weighted by atomic mass is 32.1. The number of rotatable bonds is 4. The van der Waals surface area contributed by atoms with Crippen molar-refractivity contribution in [2.45, 2.75) is 13.8 Å². The van der Waals surface area contributed by atoms with Crippen molar-refractivity contribution in [1.29, 1.82) is 0 Å². The van der Waals surface area contributed by atoms with E-state index in [-0.39, 0.29) is 5.91 Å². The molecule has 0 bridgehead atoms. The highest BCUT2D eigenvalue weighted by molar-refractivity contribution is 7.14. The van der Waals surface area contributed by atoms with Crippen molar-refractivity contribution in [3.05, 3.63) is 46.5 Å². The smallest absolute Gasteiger partial charge is 0.265 e. The number of primary amides is 1. The molecule has 0 spiro atoms. The van der Waals surface area contributed by atoms with Crippen LogP contribution < -0.4 is 11.1 Å². The Labute approximate surface area is 135 Å². The maximum absolute atomic E-state index is 12.2. The number of anilines is 1. The predicted octanol–water partition coefficient (Wildman–Crippen LogP) is 2.70. The lowest BCUT2D eigenvalue weighted by atomic mass is 10.2. The summed E-state index contributed by atoms with van der Waals surface area (Å²) in [5.74, 6) is 0.435. The topological polar surface area (TPSA) is 114 Å². The van der Waals surface area contributed by atoms with Crippen LogP contribution in [0.15, 0.2) is 28.1 Å². The molecule has 0 aliphatic heterocycles. The van der Waals surface area contributed by atoms with Gasteiger partial charge in [-0.15, -0.1) is 11.3 Å². The summed E-state index contributed by atoms with van der Waals surface area (Å²) in [6, 6.07) is 3.30. The molecule has 23 heavy (non-hydrogen) atoms.